The molecule has 3 aromatic rings. The van der Waals surface area contributed by atoms with Gasteiger partial charge in [0, 0.05) is 61.7 Å². The lowest BCUT2D eigenvalue weighted by molar-refractivity contribution is -0.186. The summed E-state index contributed by atoms with van der Waals surface area (Å²) in [7, 11) is 0. The fourth-order valence-electron chi connectivity index (χ4n) is 14.3. The number of piperidine rings is 1. The van der Waals surface area contributed by atoms with E-state index in [1.54, 1.807) is 12.1 Å². The number of aliphatic hydroxyl groups is 2. The molecule has 3 aromatic carbocycles. The van der Waals surface area contributed by atoms with Crippen LogP contribution in [0.5, 0.6) is 23.0 Å². The van der Waals surface area contributed by atoms with Crippen molar-refractivity contribution >= 4 is 23.5 Å². The lowest BCUT2D eigenvalue weighted by atomic mass is 9.55. The molecule has 2 N–H and O–H groups in total. The normalized spacial score (nSPS) is 38.4. The first kappa shape index (κ1) is 37.0. The van der Waals surface area contributed by atoms with E-state index in [2.05, 4.69) is 16.7 Å². The van der Waals surface area contributed by atoms with E-state index in [0.29, 0.717) is 49.0 Å². The van der Waals surface area contributed by atoms with Crippen molar-refractivity contribution < 1.29 is 48.3 Å². The van der Waals surface area contributed by atoms with E-state index in [0.717, 1.165) is 41.9 Å². The number of fused-ring (bicyclic) bond motifs is 5. The van der Waals surface area contributed by atoms with Gasteiger partial charge in [-0.2, -0.15) is 0 Å². The molecule has 13 rings (SSSR count). The van der Waals surface area contributed by atoms with Crippen molar-refractivity contribution in [3.8, 4) is 23.0 Å². The molecule has 2 bridgehead atoms. The number of rotatable bonds is 8. The third kappa shape index (κ3) is 4.59. The number of benzene rings is 3. The van der Waals surface area contributed by atoms with Crippen molar-refractivity contribution in [2.75, 3.05) is 19.6 Å². The maximum absolute atomic E-state index is 13.8. The molecule has 10 atom stereocenters. The average Bonchev–Trinajstić information content (AvgIpc) is 4.14. The number of hydrogen-bond donors (Lipinski definition) is 2. The van der Waals surface area contributed by atoms with E-state index in [1.165, 1.54) is 49.9 Å². The zero-order valence-electron chi connectivity index (χ0n) is 34.5. The summed E-state index contributed by atoms with van der Waals surface area (Å²) in [5.74, 6) is 1.27. The lowest BCUT2D eigenvalue weighted by Crippen LogP contribution is -2.72. The van der Waals surface area contributed by atoms with Crippen LogP contribution in [0.4, 0.5) is 0 Å². The standard InChI is InChI=1S/C49H50N2O10/c1-24-3-13-35(39-37(24)46-19-30-23-50(21-26-4-5-26)41(30)49(46,57)18-16-34(53)42(46)60-39)58-44(54)28-8-10-29(11-9-28)45(55)59-36-14-12-31-32-20-47-38(31)40(36)61-43(47)33(52)15-17-48(47,56)25(2)51(32)22-27-6-7-27/h3,8-14,25-27,30,32,41-43,56-57H,4-7,15-23H2,1-2H3/t25?,30?,32?,41?,42-,43-,46-,47-,48+,49+/m0/s1. The lowest BCUT2D eigenvalue weighted by Gasteiger charge is -2.58. The largest absolute Gasteiger partial charge is 0.477 e. The zero-order chi connectivity index (χ0) is 41.5. The third-order valence-electron chi connectivity index (χ3n) is 17.3. The van der Waals surface area contributed by atoms with E-state index in [4.69, 9.17) is 18.9 Å². The Morgan fingerprint density at radius 2 is 1.30 bits per heavy atom. The Hall–Kier alpha value is -4.62. The minimum atomic E-state index is -1.17. The van der Waals surface area contributed by atoms with Crippen molar-refractivity contribution in [3.05, 3.63) is 81.9 Å². The number of hydrogen-bond acceptors (Lipinski definition) is 12. The first-order valence-electron chi connectivity index (χ1n) is 22.6. The van der Waals surface area contributed by atoms with Crippen molar-refractivity contribution in [2.45, 2.75) is 130 Å². The molecule has 61 heavy (non-hydrogen) atoms. The maximum atomic E-state index is 13.8. The molecule has 7 fully saturated rings. The molecule has 2 saturated heterocycles. The Morgan fingerprint density at radius 1 is 0.738 bits per heavy atom. The number of carbonyl (C=O) groups is 4. The monoisotopic (exact) mass is 826 g/mol. The van der Waals surface area contributed by atoms with E-state index in [9.17, 15) is 29.4 Å². The molecule has 2 spiro atoms. The summed E-state index contributed by atoms with van der Waals surface area (Å²) in [5.41, 5.74) is -0.212. The maximum Gasteiger partial charge on any atom is 0.343 e. The number of aryl methyl sites for hydroxylation is 1. The highest BCUT2D eigenvalue weighted by Gasteiger charge is 2.78. The Bertz CT molecular complexity index is 2510. The van der Waals surface area contributed by atoms with E-state index in [1.807, 2.05) is 19.1 Å². The topological polar surface area (TPSA) is 152 Å². The predicted molar refractivity (Wildman–Crippen MR) is 217 cm³/mol. The SMILES string of the molecule is Cc1ccc(OC(=O)c2ccc(C(=O)Oc3ccc4c5c3O[C@H]3C(=O)CC[C@@]6(O)C(C)N(CC7CC7)C4C[C@]536)cc2)c2c1[C@]13CC4CN(CC5CC5)C4[C@]1(O)CCC(=O)[C@@H]3O2. The molecule has 0 radical (unpaired) electrons. The van der Waals surface area contributed by atoms with Crippen LogP contribution in [0.3, 0.4) is 0 Å². The smallest absolute Gasteiger partial charge is 0.343 e. The van der Waals surface area contributed by atoms with E-state index < -0.39 is 46.2 Å². The van der Waals surface area contributed by atoms with Crippen molar-refractivity contribution in [1.29, 1.82) is 0 Å². The first-order valence-corrected chi connectivity index (χ1v) is 22.6. The van der Waals surface area contributed by atoms with Gasteiger partial charge in [0.15, 0.2) is 46.8 Å². The van der Waals surface area contributed by atoms with E-state index >= 15 is 0 Å². The van der Waals surface area contributed by atoms with Gasteiger partial charge >= 0.3 is 11.9 Å². The number of Topliss-reactive ketones (excluding diaryl/α,β-unsaturated/α-hetero) is 2. The van der Waals surface area contributed by atoms with Gasteiger partial charge in [-0.1, -0.05) is 12.1 Å². The molecular formula is C49H50N2O10. The molecular weight excluding hydrogens is 777 g/mol. The Balaban J connectivity index is 0.763. The molecule has 10 aliphatic rings. The van der Waals surface area contributed by atoms with Crippen LogP contribution in [0.15, 0.2) is 48.5 Å². The van der Waals surface area contributed by atoms with Crippen molar-refractivity contribution in [3.63, 3.8) is 0 Å². The predicted octanol–water partition coefficient (Wildman–Crippen LogP) is 5.29. The van der Waals surface area contributed by atoms with Crippen LogP contribution in [-0.4, -0.2) is 98.6 Å². The van der Waals surface area contributed by atoms with Gasteiger partial charge in [-0.25, -0.2) is 9.59 Å². The van der Waals surface area contributed by atoms with Crippen molar-refractivity contribution in [1.82, 2.24) is 9.80 Å². The van der Waals surface area contributed by atoms with Crippen LogP contribution in [0, 0.1) is 24.7 Å². The van der Waals surface area contributed by atoms with Crippen molar-refractivity contribution in [2.24, 2.45) is 17.8 Å². The van der Waals surface area contributed by atoms with Gasteiger partial charge in [-0.15, -0.1) is 0 Å². The summed E-state index contributed by atoms with van der Waals surface area (Å²) in [6.45, 7) is 6.85. The van der Waals surface area contributed by atoms with Crippen LogP contribution in [0.25, 0.3) is 0 Å². The van der Waals surface area contributed by atoms with Gasteiger partial charge < -0.3 is 29.2 Å². The second-order valence-electron chi connectivity index (χ2n) is 20.4. The summed E-state index contributed by atoms with van der Waals surface area (Å²) < 4.78 is 25.0. The molecule has 12 nitrogen and oxygen atoms in total. The quantitative estimate of drug-likeness (QED) is 0.224. The van der Waals surface area contributed by atoms with Crippen LogP contribution >= 0.6 is 0 Å². The number of likely N-dealkylation sites (tertiary alicyclic amines) is 2. The highest BCUT2D eigenvalue weighted by Crippen LogP contribution is 2.71. The van der Waals surface area contributed by atoms with Gasteiger partial charge in [0.1, 0.15) is 0 Å². The molecule has 12 heteroatoms. The molecule has 4 aliphatic heterocycles. The number of esters is 2. The number of nitrogens with zero attached hydrogens (tertiary/aromatic N) is 2. The second-order valence-corrected chi connectivity index (χ2v) is 20.4. The van der Waals surface area contributed by atoms with Crippen LogP contribution in [0.1, 0.15) is 120 Å². The third-order valence-corrected chi connectivity index (χ3v) is 17.3. The molecule has 0 aromatic heterocycles. The van der Waals surface area contributed by atoms with Gasteiger partial charge in [-0.3, -0.25) is 19.4 Å². The second kappa shape index (κ2) is 12.1. The van der Waals surface area contributed by atoms with Gasteiger partial charge in [0.25, 0.3) is 0 Å². The zero-order valence-corrected chi connectivity index (χ0v) is 34.5. The molecule has 0 amide bonds. The average molecular weight is 827 g/mol. The summed E-state index contributed by atoms with van der Waals surface area (Å²) in [6, 6.07) is 13.1. The first-order chi connectivity index (χ1) is 29.4. The summed E-state index contributed by atoms with van der Waals surface area (Å²) in [5, 5.41) is 25.3. The Labute approximate surface area is 353 Å². The van der Waals surface area contributed by atoms with E-state index in [-0.39, 0.29) is 71.1 Å². The van der Waals surface area contributed by atoms with Crippen LogP contribution < -0.4 is 18.9 Å². The van der Waals surface area contributed by atoms with Gasteiger partial charge in [0.2, 0.25) is 0 Å². The minimum absolute atomic E-state index is 0.0256. The number of ketones is 2. The fraction of sp³-hybridized carbons (Fsp3) is 0.551. The molecule has 5 saturated carbocycles. The van der Waals surface area contributed by atoms with Gasteiger partial charge in [0.05, 0.1) is 33.2 Å². The number of ether oxygens (including phenoxy) is 4. The molecule has 316 valence electrons. The van der Waals surface area contributed by atoms with Crippen LogP contribution in [-0.2, 0) is 20.4 Å². The summed E-state index contributed by atoms with van der Waals surface area (Å²) >= 11 is 0. The van der Waals surface area contributed by atoms with Gasteiger partial charge in [-0.05, 0) is 130 Å². The number of carbonyl (C=O) groups excluding carboxylic acids is 4. The van der Waals surface area contributed by atoms with Crippen LogP contribution in [0.2, 0.25) is 0 Å². The minimum Gasteiger partial charge on any atom is -0.477 e. The Kier molecular flexibility index (Phi) is 7.33. The molecule has 6 aliphatic carbocycles. The summed E-state index contributed by atoms with van der Waals surface area (Å²) in [4.78, 5) is 59.5. The molecule has 4 heterocycles. The summed E-state index contributed by atoms with van der Waals surface area (Å²) in [6.07, 6.45) is 5.61. The Morgan fingerprint density at radius 3 is 1.92 bits per heavy atom. The fourth-order valence-corrected chi connectivity index (χ4v) is 14.3. The highest BCUT2D eigenvalue weighted by molar-refractivity contribution is 5.96. The highest BCUT2D eigenvalue weighted by atomic mass is 16.6. The molecule has 4 unspecified atom stereocenters.